The third kappa shape index (κ3) is 2.22. The summed E-state index contributed by atoms with van der Waals surface area (Å²) in [5.74, 6) is 0.00783. The van der Waals surface area contributed by atoms with Gasteiger partial charge in [-0.3, -0.25) is 0 Å². The number of hydrogen-bond donors (Lipinski definition) is 3. The SMILES string of the molecule is [2H]C([2H])(NC)C(O)c1cccc(O)c1. The Hall–Kier alpha value is -1.06. The number of likely N-dealkylation sites (N-methyl/N-ethyl adjacent to an activating group) is 1. The predicted molar refractivity (Wildman–Crippen MR) is 47.0 cm³/mol. The normalized spacial score (nSPS) is 16.5. The molecule has 1 unspecified atom stereocenters. The Balaban J connectivity index is 2.94. The maximum atomic E-state index is 9.62. The zero-order valence-electron chi connectivity index (χ0n) is 8.78. The van der Waals surface area contributed by atoms with E-state index in [4.69, 9.17) is 7.85 Å². The van der Waals surface area contributed by atoms with Gasteiger partial charge in [0.1, 0.15) is 5.75 Å². The van der Waals surface area contributed by atoms with E-state index in [0.717, 1.165) is 0 Å². The van der Waals surface area contributed by atoms with Crippen LogP contribution in [0.15, 0.2) is 24.3 Å². The van der Waals surface area contributed by atoms with Crippen LogP contribution in [-0.2, 0) is 0 Å². The molecule has 0 aliphatic carbocycles. The van der Waals surface area contributed by atoms with Crippen LogP contribution in [0, 0.1) is 0 Å². The number of aromatic hydroxyl groups is 1. The average molecular weight is 169 g/mol. The summed E-state index contributed by atoms with van der Waals surface area (Å²) in [4.78, 5) is 0. The second-order valence-electron chi connectivity index (χ2n) is 2.39. The molecule has 1 aromatic rings. The van der Waals surface area contributed by atoms with Crippen molar-refractivity contribution in [1.82, 2.24) is 5.32 Å². The van der Waals surface area contributed by atoms with Gasteiger partial charge in [0.05, 0.1) is 6.10 Å². The molecule has 0 saturated heterocycles. The van der Waals surface area contributed by atoms with Gasteiger partial charge in [-0.15, -0.1) is 0 Å². The number of rotatable bonds is 3. The van der Waals surface area contributed by atoms with Crippen molar-refractivity contribution >= 4 is 0 Å². The lowest BCUT2D eigenvalue weighted by molar-refractivity contribution is 0.177. The quantitative estimate of drug-likeness (QED) is 0.622. The molecule has 1 atom stereocenters. The van der Waals surface area contributed by atoms with Gasteiger partial charge in [-0.05, 0) is 24.7 Å². The first kappa shape index (κ1) is 6.46. The fourth-order valence-corrected chi connectivity index (χ4v) is 0.915. The lowest BCUT2D eigenvalue weighted by Gasteiger charge is -2.09. The van der Waals surface area contributed by atoms with E-state index in [1.807, 2.05) is 0 Å². The van der Waals surface area contributed by atoms with Gasteiger partial charge in [0, 0.05) is 9.24 Å². The van der Waals surface area contributed by atoms with Crippen LogP contribution in [0.5, 0.6) is 5.75 Å². The van der Waals surface area contributed by atoms with Crippen LogP contribution in [0.2, 0.25) is 0 Å². The summed E-state index contributed by atoms with van der Waals surface area (Å²) in [6.45, 7) is -1.91. The van der Waals surface area contributed by atoms with Crippen molar-refractivity contribution in [2.24, 2.45) is 0 Å². The first-order valence-electron chi connectivity index (χ1n) is 4.63. The average Bonchev–Trinajstić information content (AvgIpc) is 2.16. The minimum absolute atomic E-state index is 0.00783. The molecule has 66 valence electrons. The topological polar surface area (TPSA) is 52.5 Å². The standard InChI is InChI=1S/C9H13NO2/c1-10-6-9(12)7-3-2-4-8(11)5-7/h2-5,9-12H,6H2,1H3/i6D2. The second kappa shape index (κ2) is 4.09. The fourth-order valence-electron chi connectivity index (χ4n) is 0.915. The number of nitrogens with one attached hydrogen (secondary N) is 1. The van der Waals surface area contributed by atoms with Crippen molar-refractivity contribution in [3.63, 3.8) is 0 Å². The zero-order valence-corrected chi connectivity index (χ0v) is 6.78. The predicted octanol–water partition coefficient (Wildman–Crippen LogP) is 0.645. The second-order valence-corrected chi connectivity index (χ2v) is 2.39. The molecular formula is C9H13NO2. The Kier molecular flexibility index (Phi) is 2.20. The molecule has 1 aromatic carbocycles. The molecule has 0 bridgehead atoms. The maximum Gasteiger partial charge on any atom is 0.115 e. The van der Waals surface area contributed by atoms with Gasteiger partial charge in [-0.1, -0.05) is 12.1 Å². The Morgan fingerprint density at radius 1 is 1.67 bits per heavy atom. The summed E-state index contributed by atoms with van der Waals surface area (Å²) in [6.07, 6.45) is -1.31. The lowest BCUT2D eigenvalue weighted by Crippen LogP contribution is -2.16. The Morgan fingerprint density at radius 3 is 3.00 bits per heavy atom. The highest BCUT2D eigenvalue weighted by atomic mass is 16.3. The van der Waals surface area contributed by atoms with E-state index in [-0.39, 0.29) is 5.75 Å². The lowest BCUT2D eigenvalue weighted by atomic mass is 10.1. The molecule has 0 heterocycles. The van der Waals surface area contributed by atoms with Gasteiger partial charge < -0.3 is 15.5 Å². The summed E-state index contributed by atoms with van der Waals surface area (Å²) >= 11 is 0. The summed E-state index contributed by atoms with van der Waals surface area (Å²) in [5.41, 5.74) is 0.337. The van der Waals surface area contributed by atoms with Crippen LogP contribution in [0.3, 0.4) is 0 Å². The third-order valence-corrected chi connectivity index (χ3v) is 1.47. The minimum atomic E-state index is -1.91. The Bertz CT molecular complexity index is 317. The van der Waals surface area contributed by atoms with Crippen molar-refractivity contribution < 1.29 is 13.0 Å². The Morgan fingerprint density at radius 2 is 2.42 bits per heavy atom. The Labute approximate surface area is 74.5 Å². The number of aliphatic hydroxyl groups excluding tert-OH is 1. The van der Waals surface area contributed by atoms with Crippen molar-refractivity contribution in [1.29, 1.82) is 0 Å². The molecule has 0 spiro atoms. The van der Waals surface area contributed by atoms with E-state index in [0.29, 0.717) is 5.56 Å². The van der Waals surface area contributed by atoms with E-state index in [2.05, 4.69) is 5.32 Å². The van der Waals surface area contributed by atoms with Crippen molar-refractivity contribution in [2.75, 3.05) is 13.5 Å². The maximum absolute atomic E-state index is 9.62. The summed E-state index contributed by atoms with van der Waals surface area (Å²) in [7, 11) is 1.42. The summed E-state index contributed by atoms with van der Waals surface area (Å²) in [6, 6.07) is 5.91. The molecule has 3 N–H and O–H groups in total. The highest BCUT2D eigenvalue weighted by Crippen LogP contribution is 2.17. The number of phenols is 1. The van der Waals surface area contributed by atoms with Crippen LogP contribution < -0.4 is 5.32 Å². The van der Waals surface area contributed by atoms with Gasteiger partial charge >= 0.3 is 0 Å². The number of phenolic OH excluding ortho intramolecular Hbond substituents is 1. The molecule has 0 amide bonds. The van der Waals surface area contributed by atoms with Crippen LogP contribution >= 0.6 is 0 Å². The van der Waals surface area contributed by atoms with Crippen LogP contribution in [-0.4, -0.2) is 23.8 Å². The van der Waals surface area contributed by atoms with E-state index >= 15 is 0 Å². The van der Waals surface area contributed by atoms with Crippen molar-refractivity contribution in [3.05, 3.63) is 29.8 Å². The summed E-state index contributed by atoms with van der Waals surface area (Å²) < 4.78 is 14.8. The van der Waals surface area contributed by atoms with Crippen molar-refractivity contribution in [3.8, 4) is 5.75 Å². The minimum Gasteiger partial charge on any atom is -0.508 e. The third-order valence-electron chi connectivity index (χ3n) is 1.47. The molecule has 0 aliphatic heterocycles. The molecule has 0 fully saturated rings. The molecule has 0 saturated carbocycles. The molecule has 12 heavy (non-hydrogen) atoms. The largest absolute Gasteiger partial charge is 0.508 e. The number of aliphatic hydroxyl groups is 1. The molecule has 3 nitrogen and oxygen atoms in total. The zero-order chi connectivity index (χ0) is 10.8. The monoisotopic (exact) mass is 169 g/mol. The van der Waals surface area contributed by atoms with Crippen LogP contribution in [0.25, 0.3) is 0 Å². The van der Waals surface area contributed by atoms with E-state index in [9.17, 15) is 5.11 Å². The van der Waals surface area contributed by atoms with Crippen LogP contribution in [0.4, 0.5) is 0 Å². The van der Waals surface area contributed by atoms with E-state index in [1.165, 1.54) is 19.2 Å². The fraction of sp³-hybridized carbons (Fsp3) is 0.333. The van der Waals surface area contributed by atoms with Gasteiger partial charge in [0.2, 0.25) is 0 Å². The summed E-state index contributed by atoms with van der Waals surface area (Å²) in [5, 5.41) is 21.1. The van der Waals surface area contributed by atoms with E-state index in [1.54, 1.807) is 12.1 Å². The molecule has 0 radical (unpaired) electrons. The van der Waals surface area contributed by atoms with E-state index < -0.39 is 12.6 Å². The highest BCUT2D eigenvalue weighted by Gasteiger charge is 2.05. The number of benzene rings is 1. The molecule has 0 aliphatic rings. The van der Waals surface area contributed by atoms with Crippen LogP contribution in [0.1, 0.15) is 14.4 Å². The van der Waals surface area contributed by atoms with Gasteiger partial charge in [0.25, 0.3) is 0 Å². The number of hydrogen-bond acceptors (Lipinski definition) is 3. The van der Waals surface area contributed by atoms with Gasteiger partial charge in [-0.2, -0.15) is 0 Å². The molecular weight excluding hydrogens is 154 g/mol. The van der Waals surface area contributed by atoms with Gasteiger partial charge in [0.15, 0.2) is 0 Å². The highest BCUT2D eigenvalue weighted by molar-refractivity contribution is 5.28. The molecule has 0 aromatic heterocycles. The smallest absolute Gasteiger partial charge is 0.115 e. The van der Waals surface area contributed by atoms with Crippen molar-refractivity contribution in [2.45, 2.75) is 6.10 Å². The molecule has 3 heteroatoms. The first-order valence-corrected chi connectivity index (χ1v) is 3.63. The first-order chi connectivity index (χ1) is 6.47. The molecule has 1 rings (SSSR count). The van der Waals surface area contributed by atoms with Gasteiger partial charge in [-0.25, -0.2) is 0 Å².